The molecule has 1 aromatic carbocycles. The lowest BCUT2D eigenvalue weighted by atomic mass is 9.87. The lowest BCUT2D eigenvalue weighted by Crippen LogP contribution is -2.38. The zero-order chi connectivity index (χ0) is 16.2. The number of rotatable bonds is 4. The summed E-state index contributed by atoms with van der Waals surface area (Å²) >= 11 is 0. The minimum atomic E-state index is -0.291. The number of hydrogen-bond acceptors (Lipinski definition) is 4. The van der Waals surface area contributed by atoms with E-state index in [9.17, 15) is 4.79 Å². The van der Waals surface area contributed by atoms with Crippen LogP contribution in [0.4, 0.5) is 0 Å². The topological polar surface area (TPSA) is 38.8 Å². The molecule has 1 saturated heterocycles. The van der Waals surface area contributed by atoms with E-state index in [1.54, 1.807) is 0 Å². The number of likely N-dealkylation sites (N-methyl/N-ethyl adjacent to an activating group) is 1. The third-order valence-corrected chi connectivity index (χ3v) is 3.96. The van der Waals surface area contributed by atoms with E-state index in [0.717, 1.165) is 25.9 Å². The highest BCUT2D eigenvalue weighted by atomic mass is 16.6. The summed E-state index contributed by atoms with van der Waals surface area (Å²) in [6, 6.07) is 7.89. The van der Waals surface area contributed by atoms with Crippen LogP contribution >= 0.6 is 0 Å². The Bertz CT molecular complexity index is 490. The zero-order valence-electron chi connectivity index (χ0n) is 14.1. The lowest BCUT2D eigenvalue weighted by Gasteiger charge is -2.29. The van der Waals surface area contributed by atoms with Crippen molar-refractivity contribution in [3.8, 4) is 5.75 Å². The van der Waals surface area contributed by atoms with Crippen LogP contribution in [0.15, 0.2) is 24.3 Å². The maximum Gasteiger partial charge on any atom is 0.344 e. The molecule has 1 atom stereocenters. The Morgan fingerprint density at radius 2 is 1.95 bits per heavy atom. The number of likely N-dealkylation sites (tertiary alicyclic amines) is 1. The van der Waals surface area contributed by atoms with Crippen molar-refractivity contribution >= 4 is 5.97 Å². The minimum absolute atomic E-state index is 0.00174. The van der Waals surface area contributed by atoms with Crippen molar-refractivity contribution < 1.29 is 14.3 Å². The molecule has 0 N–H and O–H groups in total. The molecule has 0 aliphatic carbocycles. The first-order valence-corrected chi connectivity index (χ1v) is 7.96. The Morgan fingerprint density at radius 3 is 2.55 bits per heavy atom. The first-order valence-electron chi connectivity index (χ1n) is 7.96. The van der Waals surface area contributed by atoms with Crippen molar-refractivity contribution in [3.63, 3.8) is 0 Å². The van der Waals surface area contributed by atoms with Crippen molar-refractivity contribution in [3.05, 3.63) is 29.8 Å². The highest BCUT2D eigenvalue weighted by molar-refractivity contribution is 5.71. The monoisotopic (exact) mass is 305 g/mol. The summed E-state index contributed by atoms with van der Waals surface area (Å²) in [5, 5.41) is 0. The molecule has 1 fully saturated rings. The van der Waals surface area contributed by atoms with Gasteiger partial charge in [0.05, 0.1) is 0 Å². The minimum Gasteiger partial charge on any atom is -0.482 e. The first-order chi connectivity index (χ1) is 10.3. The zero-order valence-corrected chi connectivity index (χ0v) is 14.1. The summed E-state index contributed by atoms with van der Waals surface area (Å²) < 4.78 is 11.0. The van der Waals surface area contributed by atoms with Crippen LogP contribution in [0.5, 0.6) is 5.75 Å². The number of ether oxygens (including phenoxy) is 2. The fourth-order valence-corrected chi connectivity index (χ4v) is 2.63. The van der Waals surface area contributed by atoms with Crippen LogP contribution < -0.4 is 4.74 Å². The molecule has 4 heteroatoms. The molecule has 1 aromatic rings. The summed E-state index contributed by atoms with van der Waals surface area (Å²) in [7, 11) is 2.05. The van der Waals surface area contributed by atoms with Crippen LogP contribution in [-0.2, 0) is 14.9 Å². The molecular weight excluding hydrogens is 278 g/mol. The fourth-order valence-electron chi connectivity index (χ4n) is 2.63. The Morgan fingerprint density at radius 1 is 1.27 bits per heavy atom. The van der Waals surface area contributed by atoms with Gasteiger partial charge in [-0.3, -0.25) is 0 Å². The van der Waals surface area contributed by atoms with E-state index in [1.165, 1.54) is 5.56 Å². The van der Waals surface area contributed by atoms with Gasteiger partial charge < -0.3 is 14.4 Å². The van der Waals surface area contributed by atoms with Crippen LogP contribution in [0, 0.1) is 0 Å². The van der Waals surface area contributed by atoms with Crippen molar-refractivity contribution in [2.24, 2.45) is 0 Å². The molecule has 1 aliphatic heterocycles. The number of carbonyl (C=O) groups excluding carboxylic acids is 1. The van der Waals surface area contributed by atoms with Crippen LogP contribution in [0.1, 0.15) is 39.2 Å². The number of nitrogens with zero attached hydrogens (tertiary/aromatic N) is 1. The Labute approximate surface area is 133 Å². The first kappa shape index (κ1) is 16.8. The summed E-state index contributed by atoms with van der Waals surface area (Å²) in [4.78, 5) is 14.0. The molecule has 1 aliphatic rings. The average Bonchev–Trinajstić information content (AvgIpc) is 2.45. The third-order valence-electron chi connectivity index (χ3n) is 3.96. The van der Waals surface area contributed by atoms with Crippen molar-refractivity contribution in [2.75, 3.05) is 26.7 Å². The summed E-state index contributed by atoms with van der Waals surface area (Å²) in [6.45, 7) is 8.36. The third kappa shape index (κ3) is 5.02. The van der Waals surface area contributed by atoms with Gasteiger partial charge in [-0.05, 0) is 49.5 Å². The van der Waals surface area contributed by atoms with E-state index >= 15 is 0 Å². The van der Waals surface area contributed by atoms with Crippen molar-refractivity contribution in [1.82, 2.24) is 4.90 Å². The number of esters is 1. The maximum absolute atomic E-state index is 11.9. The van der Waals surface area contributed by atoms with Gasteiger partial charge >= 0.3 is 5.97 Å². The molecule has 122 valence electrons. The van der Waals surface area contributed by atoms with E-state index in [0.29, 0.717) is 5.75 Å². The Hall–Kier alpha value is -1.55. The molecule has 0 amide bonds. The fraction of sp³-hybridized carbons (Fsp3) is 0.611. The average molecular weight is 305 g/mol. The normalized spacial score (nSPS) is 19.7. The predicted octanol–water partition coefficient (Wildman–Crippen LogP) is 3.00. The second-order valence-corrected chi connectivity index (χ2v) is 7.08. The summed E-state index contributed by atoms with van der Waals surface area (Å²) in [5.41, 5.74) is 1.36. The van der Waals surface area contributed by atoms with Gasteiger partial charge in [-0.2, -0.15) is 0 Å². The quantitative estimate of drug-likeness (QED) is 0.802. The molecule has 0 spiro atoms. The largest absolute Gasteiger partial charge is 0.482 e. The van der Waals surface area contributed by atoms with E-state index in [4.69, 9.17) is 9.47 Å². The highest BCUT2D eigenvalue weighted by Crippen LogP contribution is 2.24. The number of benzene rings is 1. The standard InChI is InChI=1S/C18H27NO3/c1-18(2,3)14-7-9-15(10-8-14)21-13-17(20)22-16-6-5-11-19(4)12-16/h7-10,16H,5-6,11-13H2,1-4H3. The highest BCUT2D eigenvalue weighted by Gasteiger charge is 2.21. The van der Waals surface area contributed by atoms with Gasteiger partial charge in [0, 0.05) is 6.54 Å². The van der Waals surface area contributed by atoms with E-state index in [-0.39, 0.29) is 24.1 Å². The molecule has 0 bridgehead atoms. The Kier molecular flexibility index (Phi) is 5.46. The van der Waals surface area contributed by atoms with E-state index < -0.39 is 0 Å². The number of hydrogen-bond donors (Lipinski definition) is 0. The van der Waals surface area contributed by atoms with E-state index in [2.05, 4.69) is 25.7 Å². The second-order valence-electron chi connectivity index (χ2n) is 7.08. The van der Waals surface area contributed by atoms with Crippen molar-refractivity contribution in [2.45, 2.75) is 45.1 Å². The molecule has 2 rings (SSSR count). The number of carbonyl (C=O) groups is 1. The van der Waals surface area contributed by atoms with Gasteiger partial charge in [0.25, 0.3) is 0 Å². The molecule has 22 heavy (non-hydrogen) atoms. The second kappa shape index (κ2) is 7.14. The smallest absolute Gasteiger partial charge is 0.344 e. The van der Waals surface area contributed by atoms with Crippen LogP contribution in [0.2, 0.25) is 0 Å². The molecule has 1 unspecified atom stereocenters. The molecular formula is C18H27NO3. The van der Waals surface area contributed by atoms with Gasteiger partial charge in [0.2, 0.25) is 0 Å². The number of piperidine rings is 1. The van der Waals surface area contributed by atoms with Crippen LogP contribution in [0.25, 0.3) is 0 Å². The molecule has 0 saturated carbocycles. The van der Waals surface area contributed by atoms with Gasteiger partial charge in [-0.25, -0.2) is 4.79 Å². The van der Waals surface area contributed by atoms with Crippen LogP contribution in [-0.4, -0.2) is 43.7 Å². The Balaban J connectivity index is 1.78. The predicted molar refractivity (Wildman–Crippen MR) is 87.2 cm³/mol. The van der Waals surface area contributed by atoms with Gasteiger partial charge in [-0.1, -0.05) is 32.9 Å². The molecule has 4 nitrogen and oxygen atoms in total. The lowest BCUT2D eigenvalue weighted by molar-refractivity contribution is -0.153. The van der Waals surface area contributed by atoms with Gasteiger partial charge in [-0.15, -0.1) is 0 Å². The molecule has 0 aromatic heterocycles. The maximum atomic E-state index is 11.9. The molecule has 0 radical (unpaired) electrons. The van der Waals surface area contributed by atoms with E-state index in [1.807, 2.05) is 31.3 Å². The summed E-state index contributed by atoms with van der Waals surface area (Å²) in [6.07, 6.45) is 2.01. The SMILES string of the molecule is CN1CCCC(OC(=O)COc2ccc(C(C)(C)C)cc2)C1. The van der Waals surface area contributed by atoms with Crippen LogP contribution in [0.3, 0.4) is 0 Å². The summed E-state index contributed by atoms with van der Waals surface area (Å²) in [5.74, 6) is 0.408. The molecule has 1 heterocycles. The van der Waals surface area contributed by atoms with Gasteiger partial charge in [0.15, 0.2) is 6.61 Å². The van der Waals surface area contributed by atoms with Gasteiger partial charge in [0.1, 0.15) is 11.9 Å². The van der Waals surface area contributed by atoms with Crippen molar-refractivity contribution in [1.29, 1.82) is 0 Å².